The van der Waals surface area contributed by atoms with Crippen LogP contribution in [0.5, 0.6) is 11.5 Å². The highest BCUT2D eigenvalue weighted by atomic mass is 16.5. The highest BCUT2D eigenvalue weighted by Crippen LogP contribution is 2.30. The van der Waals surface area contributed by atoms with Crippen molar-refractivity contribution in [1.82, 2.24) is 15.0 Å². The molecule has 1 aliphatic rings. The van der Waals surface area contributed by atoms with Gasteiger partial charge in [0, 0.05) is 12.6 Å². The van der Waals surface area contributed by atoms with Crippen LogP contribution in [-0.2, 0) is 4.79 Å². The first-order chi connectivity index (χ1) is 18.1. The summed E-state index contributed by atoms with van der Waals surface area (Å²) in [5.74, 6) is 1.71. The Morgan fingerprint density at radius 2 is 2.08 bits per heavy atom. The van der Waals surface area contributed by atoms with Gasteiger partial charge in [-0.2, -0.15) is 4.98 Å². The number of hydrogen-bond acceptors (Lipinski definition) is 9. The van der Waals surface area contributed by atoms with Crippen molar-refractivity contribution < 1.29 is 23.8 Å². The van der Waals surface area contributed by atoms with Crippen LogP contribution < -0.4 is 19.7 Å². The first kappa shape index (κ1) is 24.1. The molecule has 5 rings (SSSR count). The number of rotatable bonds is 9. The highest BCUT2D eigenvalue weighted by molar-refractivity contribution is 5.86. The van der Waals surface area contributed by atoms with E-state index in [-0.39, 0.29) is 12.1 Å². The number of carboxylic acid groups (broad SMARTS) is 1. The molecule has 0 bridgehead atoms. The molecule has 1 atom stereocenters. The van der Waals surface area contributed by atoms with Gasteiger partial charge in [-0.25, -0.2) is 9.78 Å². The maximum Gasteiger partial charge on any atom is 0.328 e. The molecule has 0 radical (unpaired) electrons. The Bertz CT molecular complexity index is 1420. The quantitative estimate of drug-likeness (QED) is 0.306. The van der Waals surface area contributed by atoms with E-state index in [0.29, 0.717) is 35.6 Å². The number of carboxylic acids is 1. The van der Waals surface area contributed by atoms with Crippen molar-refractivity contribution >= 4 is 40.8 Å². The molecule has 0 amide bonds. The van der Waals surface area contributed by atoms with Gasteiger partial charge in [0.25, 0.3) is 0 Å². The third kappa shape index (κ3) is 5.97. The lowest BCUT2D eigenvalue weighted by molar-refractivity contribution is -0.131. The number of aromatic nitrogens is 3. The Labute approximate surface area is 213 Å². The van der Waals surface area contributed by atoms with Crippen molar-refractivity contribution in [2.45, 2.75) is 25.9 Å². The predicted octanol–water partition coefficient (Wildman–Crippen LogP) is 4.91. The van der Waals surface area contributed by atoms with Crippen LogP contribution >= 0.6 is 0 Å². The van der Waals surface area contributed by atoms with E-state index in [9.17, 15) is 4.79 Å². The van der Waals surface area contributed by atoms with Gasteiger partial charge in [-0.05, 0) is 55.7 Å². The molecule has 190 valence electrons. The van der Waals surface area contributed by atoms with E-state index in [2.05, 4.69) is 20.2 Å². The molecule has 37 heavy (non-hydrogen) atoms. The zero-order valence-corrected chi connectivity index (χ0v) is 20.3. The normalized spacial score (nSPS) is 15.7. The summed E-state index contributed by atoms with van der Waals surface area (Å²) in [6, 6.07) is 13.3. The predicted molar refractivity (Wildman–Crippen MR) is 139 cm³/mol. The van der Waals surface area contributed by atoms with E-state index in [1.165, 1.54) is 6.08 Å². The molecule has 1 saturated heterocycles. The number of aliphatic carboxylic acids is 1. The van der Waals surface area contributed by atoms with Crippen LogP contribution in [0.2, 0.25) is 0 Å². The Balaban J connectivity index is 1.27. The molecule has 4 aromatic rings. The van der Waals surface area contributed by atoms with Crippen LogP contribution in [0.4, 0.5) is 17.7 Å². The minimum absolute atomic E-state index is 0.00446. The van der Waals surface area contributed by atoms with Gasteiger partial charge in [0.15, 0.2) is 22.9 Å². The summed E-state index contributed by atoms with van der Waals surface area (Å²) in [5, 5.41) is 11.9. The molecule has 0 spiro atoms. The van der Waals surface area contributed by atoms with E-state index in [0.717, 1.165) is 42.8 Å². The third-order valence-electron chi connectivity index (χ3n) is 5.83. The fourth-order valence-corrected chi connectivity index (χ4v) is 4.19. The molecule has 1 fully saturated rings. The summed E-state index contributed by atoms with van der Waals surface area (Å²) in [7, 11) is 0. The Morgan fingerprint density at radius 3 is 2.92 bits per heavy atom. The van der Waals surface area contributed by atoms with Gasteiger partial charge in [0.1, 0.15) is 17.4 Å². The van der Waals surface area contributed by atoms with Crippen LogP contribution in [0.1, 0.15) is 25.3 Å². The van der Waals surface area contributed by atoms with E-state index >= 15 is 0 Å². The van der Waals surface area contributed by atoms with Crippen molar-refractivity contribution in [2.24, 2.45) is 0 Å². The number of oxazole rings is 1. The van der Waals surface area contributed by atoms with Crippen molar-refractivity contribution in [1.29, 1.82) is 0 Å². The summed E-state index contributed by atoms with van der Waals surface area (Å²) in [4.78, 5) is 26.4. The molecule has 2 aromatic carbocycles. The van der Waals surface area contributed by atoms with E-state index < -0.39 is 5.97 Å². The van der Waals surface area contributed by atoms with E-state index in [1.54, 1.807) is 30.6 Å². The van der Waals surface area contributed by atoms with Gasteiger partial charge in [0.05, 0.1) is 25.5 Å². The number of ether oxygens (including phenoxy) is 2. The first-order valence-corrected chi connectivity index (χ1v) is 12.1. The zero-order valence-electron chi connectivity index (χ0n) is 20.3. The molecule has 1 aliphatic heterocycles. The van der Waals surface area contributed by atoms with Gasteiger partial charge in [-0.1, -0.05) is 18.2 Å². The second-order valence-electron chi connectivity index (χ2n) is 8.51. The summed E-state index contributed by atoms with van der Waals surface area (Å²) >= 11 is 0. The van der Waals surface area contributed by atoms with Crippen LogP contribution in [0, 0.1) is 0 Å². The SMILES string of the molecule is CCOc1ccccc1O[C@@H]1CCCN(c2cncc(Nc3nc4cc(/C=C/C(=O)O)ccc4o3)n2)C1. The minimum atomic E-state index is -1.01. The molecule has 3 heterocycles. The topological polar surface area (TPSA) is 123 Å². The van der Waals surface area contributed by atoms with Gasteiger partial charge >= 0.3 is 12.0 Å². The Kier molecular flexibility index (Phi) is 7.16. The van der Waals surface area contributed by atoms with Crippen LogP contribution in [0.25, 0.3) is 17.2 Å². The largest absolute Gasteiger partial charge is 0.490 e. The lowest BCUT2D eigenvalue weighted by Gasteiger charge is -2.33. The number of anilines is 3. The van der Waals surface area contributed by atoms with Crippen molar-refractivity contribution in [3.63, 3.8) is 0 Å². The number of para-hydroxylation sites is 2. The average molecular weight is 502 g/mol. The second kappa shape index (κ2) is 11.0. The number of nitrogens with zero attached hydrogens (tertiary/aromatic N) is 4. The highest BCUT2D eigenvalue weighted by Gasteiger charge is 2.24. The molecular formula is C27H27N5O5. The van der Waals surface area contributed by atoms with Gasteiger partial charge in [-0.15, -0.1) is 0 Å². The maximum atomic E-state index is 10.8. The third-order valence-corrected chi connectivity index (χ3v) is 5.83. The van der Waals surface area contributed by atoms with Crippen LogP contribution in [-0.4, -0.2) is 51.8 Å². The fourth-order valence-electron chi connectivity index (χ4n) is 4.19. The van der Waals surface area contributed by atoms with Gasteiger partial charge in [0.2, 0.25) is 0 Å². The minimum Gasteiger partial charge on any atom is -0.490 e. The molecule has 2 N–H and O–H groups in total. The summed E-state index contributed by atoms with van der Waals surface area (Å²) < 4.78 is 17.8. The monoisotopic (exact) mass is 501 g/mol. The zero-order chi connectivity index (χ0) is 25.6. The number of nitrogens with one attached hydrogen (secondary N) is 1. The summed E-state index contributed by atoms with van der Waals surface area (Å²) in [5.41, 5.74) is 1.88. The molecule has 2 aromatic heterocycles. The van der Waals surface area contributed by atoms with E-state index in [1.807, 2.05) is 31.2 Å². The maximum absolute atomic E-state index is 10.8. The number of piperidine rings is 1. The molecule has 0 aliphatic carbocycles. The molecular weight excluding hydrogens is 474 g/mol. The molecule has 0 unspecified atom stereocenters. The lowest BCUT2D eigenvalue weighted by atomic mass is 10.1. The average Bonchev–Trinajstić information content (AvgIpc) is 3.30. The lowest BCUT2D eigenvalue weighted by Crippen LogP contribution is -2.41. The number of benzene rings is 2. The Morgan fingerprint density at radius 1 is 1.22 bits per heavy atom. The molecule has 10 nitrogen and oxygen atoms in total. The summed E-state index contributed by atoms with van der Waals surface area (Å²) in [6.07, 6.45) is 7.82. The first-order valence-electron chi connectivity index (χ1n) is 12.1. The molecule has 0 saturated carbocycles. The number of fused-ring (bicyclic) bond motifs is 1. The Hall–Kier alpha value is -4.60. The van der Waals surface area contributed by atoms with Crippen molar-refractivity contribution in [3.05, 3.63) is 66.5 Å². The second-order valence-corrected chi connectivity index (χ2v) is 8.51. The van der Waals surface area contributed by atoms with Crippen molar-refractivity contribution in [2.75, 3.05) is 29.9 Å². The van der Waals surface area contributed by atoms with E-state index in [4.69, 9.17) is 24.0 Å². The van der Waals surface area contributed by atoms with Gasteiger partial charge < -0.3 is 23.9 Å². The smallest absolute Gasteiger partial charge is 0.328 e. The number of carbonyl (C=O) groups is 1. The standard InChI is InChI=1S/C27H27N5O5/c1-2-35-22-7-3-4-8-23(22)36-19-6-5-13-32(17-19)25-16-28-15-24(30-25)31-27-29-20-14-18(10-12-26(33)34)9-11-21(20)37-27/h3-4,7-12,14-16,19H,2,5-6,13,17H2,1H3,(H,33,34)(H,29,30,31)/b12-10+/t19-/m1/s1. The van der Waals surface area contributed by atoms with Crippen LogP contribution in [0.3, 0.4) is 0 Å². The molecule has 10 heteroatoms. The number of hydrogen-bond donors (Lipinski definition) is 2. The van der Waals surface area contributed by atoms with Gasteiger partial charge in [-0.3, -0.25) is 10.3 Å². The van der Waals surface area contributed by atoms with Crippen molar-refractivity contribution in [3.8, 4) is 11.5 Å². The fraction of sp³-hybridized carbons (Fsp3) is 0.259. The van der Waals surface area contributed by atoms with Crippen LogP contribution in [0.15, 0.2) is 65.4 Å². The summed E-state index contributed by atoms with van der Waals surface area (Å²) in [6.45, 7) is 4.06.